The first-order chi connectivity index (χ1) is 34.6. The van der Waals surface area contributed by atoms with Crippen molar-refractivity contribution in [2.75, 3.05) is 0 Å². The molecule has 0 amide bonds. The third-order valence-corrected chi connectivity index (χ3v) is 13.5. The number of hydrogen-bond acceptors (Lipinski definition) is 8. The van der Waals surface area contributed by atoms with Gasteiger partial charge in [-0.3, -0.25) is 18.4 Å². The first-order valence-electron chi connectivity index (χ1n) is 22.9. The zero-order valence-corrected chi connectivity index (χ0v) is 36.7. The maximum absolute atomic E-state index is 15.4. The maximum atomic E-state index is 15.4. The van der Waals surface area contributed by atoms with Gasteiger partial charge in [0.2, 0.25) is 0 Å². The van der Waals surface area contributed by atoms with Gasteiger partial charge in [0, 0.05) is 53.9 Å². The Morgan fingerprint density at radius 3 is 0.914 bits per heavy atom. The summed E-state index contributed by atoms with van der Waals surface area (Å²) in [7, 11) is 0. The van der Waals surface area contributed by atoms with Gasteiger partial charge < -0.3 is 18.9 Å². The van der Waals surface area contributed by atoms with Crippen molar-refractivity contribution < 1.29 is 18.9 Å². The van der Waals surface area contributed by atoms with Crippen molar-refractivity contribution >= 4 is 98.0 Å². The van der Waals surface area contributed by atoms with Gasteiger partial charge in [0.15, 0.2) is 0 Å². The Kier molecular flexibility index (Phi) is 7.86. The van der Waals surface area contributed by atoms with Crippen LogP contribution in [0.15, 0.2) is 204 Å². The molecule has 0 aliphatic heterocycles. The normalized spacial score (nSPS) is 12.1. The quantitative estimate of drug-likeness (QED) is 0.110. The van der Waals surface area contributed by atoms with Crippen LogP contribution in [-0.2, 0) is 0 Å². The molecule has 0 fully saturated rings. The smallest absolute Gasteiger partial charge is 0.264 e. The first kappa shape index (κ1) is 38.3. The molecule has 4 aromatic heterocycles. The van der Waals surface area contributed by atoms with Crippen molar-refractivity contribution in [3.05, 3.63) is 215 Å². The van der Waals surface area contributed by atoms with E-state index in [9.17, 15) is 0 Å². The Hall–Kier alpha value is -9.80. The molecule has 15 rings (SSSR count). The number of pyridine rings is 2. The molecule has 0 saturated carbocycles. The Morgan fingerprint density at radius 1 is 0.300 bits per heavy atom. The van der Waals surface area contributed by atoms with Gasteiger partial charge >= 0.3 is 0 Å². The summed E-state index contributed by atoms with van der Waals surface area (Å²) >= 11 is 0. The van der Waals surface area contributed by atoms with Crippen LogP contribution in [0.3, 0.4) is 0 Å². The van der Waals surface area contributed by atoms with Gasteiger partial charge in [-0.1, -0.05) is 97.1 Å². The number of fused-ring (bicyclic) bond motifs is 10. The molecule has 0 saturated heterocycles. The molecule has 0 radical (unpaired) electrons. The van der Waals surface area contributed by atoms with Crippen LogP contribution in [0.4, 0.5) is 0 Å². The summed E-state index contributed by atoms with van der Waals surface area (Å²) in [6, 6.07) is 61.2. The van der Waals surface area contributed by atoms with Crippen molar-refractivity contribution in [3.63, 3.8) is 0 Å². The van der Waals surface area contributed by atoms with E-state index in [1.807, 2.05) is 194 Å². The van der Waals surface area contributed by atoms with Crippen LogP contribution in [0.25, 0.3) is 98.0 Å². The van der Waals surface area contributed by atoms with Gasteiger partial charge in [-0.25, -0.2) is 9.97 Å². The molecule has 0 aliphatic carbocycles. The van der Waals surface area contributed by atoms with Crippen molar-refractivity contribution in [2.45, 2.75) is 0 Å². The third-order valence-electron chi connectivity index (χ3n) is 13.5. The van der Waals surface area contributed by atoms with E-state index in [0.717, 1.165) is 0 Å². The molecule has 10 nitrogen and oxygen atoms in total. The van der Waals surface area contributed by atoms with Crippen LogP contribution < -0.4 is 30.1 Å². The molecule has 4 heterocycles. The van der Waals surface area contributed by atoms with Gasteiger partial charge in [-0.2, -0.15) is 0 Å². The van der Waals surface area contributed by atoms with Crippen molar-refractivity contribution in [3.8, 4) is 46.0 Å². The summed E-state index contributed by atoms with van der Waals surface area (Å²) in [4.78, 5) is 41.2. The summed E-state index contributed by atoms with van der Waals surface area (Å²) in [5.74, 6) is 3.99. The van der Waals surface area contributed by atoms with Crippen LogP contribution in [-0.4, -0.2) is 18.8 Å². The average Bonchev–Trinajstić information content (AvgIpc) is 3.99. The van der Waals surface area contributed by atoms with Crippen LogP contribution in [0.2, 0.25) is 0 Å². The molecule has 10 heteroatoms. The SMILES string of the molecule is O=c1c2cc(Oc3ccccc3)c3c4c(Oc5ccccc5)cc5c(=O)n6c7ccccc7nc6c6cc(Oc7ccccc7)c(c7c(Oc8ccccc8)cc(c2c37)c2nc3ccccc3n12)c4c56. The molecular formula is C60H32N4O6. The minimum absolute atomic E-state index is 0.259. The molecule has 15 aromatic rings. The van der Waals surface area contributed by atoms with E-state index in [-0.39, 0.29) is 11.1 Å². The van der Waals surface area contributed by atoms with Gasteiger partial charge in [-0.15, -0.1) is 0 Å². The monoisotopic (exact) mass is 904 g/mol. The molecule has 70 heavy (non-hydrogen) atoms. The van der Waals surface area contributed by atoms with Gasteiger partial charge in [0.05, 0.1) is 32.8 Å². The fraction of sp³-hybridized carbons (Fsp3) is 0. The van der Waals surface area contributed by atoms with E-state index in [1.54, 1.807) is 8.80 Å². The molecular weight excluding hydrogens is 873 g/mol. The highest BCUT2D eigenvalue weighted by atomic mass is 16.5. The van der Waals surface area contributed by atoms with E-state index < -0.39 is 0 Å². The summed E-state index contributed by atoms with van der Waals surface area (Å²) in [5, 5.41) is 7.39. The largest absolute Gasteiger partial charge is 0.457 e. The minimum atomic E-state index is -0.259. The van der Waals surface area contributed by atoms with Crippen LogP contribution in [0, 0.1) is 0 Å². The lowest BCUT2D eigenvalue weighted by molar-refractivity contribution is 0.483. The van der Waals surface area contributed by atoms with Crippen LogP contribution in [0.1, 0.15) is 0 Å². The second kappa shape index (κ2) is 14.4. The number of para-hydroxylation sites is 8. The Labute approximate surface area is 395 Å². The highest BCUT2D eigenvalue weighted by molar-refractivity contribution is 6.44. The van der Waals surface area contributed by atoms with Gasteiger partial charge in [-0.05, 0) is 97.1 Å². The average molecular weight is 905 g/mol. The molecule has 0 atom stereocenters. The highest BCUT2D eigenvalue weighted by Gasteiger charge is 2.32. The number of hydrogen-bond donors (Lipinski definition) is 0. The molecule has 0 N–H and O–H groups in total. The maximum Gasteiger partial charge on any atom is 0.264 e. The van der Waals surface area contributed by atoms with E-state index >= 15 is 9.59 Å². The number of aromatic nitrogens is 4. The summed E-state index contributed by atoms with van der Waals surface area (Å²) < 4.78 is 31.8. The van der Waals surface area contributed by atoms with E-state index in [2.05, 4.69) is 0 Å². The highest BCUT2D eigenvalue weighted by Crippen LogP contribution is 2.57. The Morgan fingerprint density at radius 2 is 0.586 bits per heavy atom. The Bertz CT molecular complexity index is 4410. The molecule has 328 valence electrons. The zero-order chi connectivity index (χ0) is 46.2. The van der Waals surface area contributed by atoms with Gasteiger partial charge in [0.1, 0.15) is 57.3 Å². The topological polar surface area (TPSA) is 106 Å². The predicted molar refractivity (Wildman–Crippen MR) is 276 cm³/mol. The lowest BCUT2D eigenvalue weighted by atomic mass is 9.84. The van der Waals surface area contributed by atoms with E-state index in [1.165, 1.54) is 0 Å². The summed E-state index contributed by atoms with van der Waals surface area (Å²) in [6.07, 6.45) is 0. The molecule has 0 aliphatic rings. The second-order valence-electron chi connectivity index (χ2n) is 17.5. The van der Waals surface area contributed by atoms with Crippen LogP contribution >= 0.6 is 0 Å². The van der Waals surface area contributed by atoms with E-state index in [0.29, 0.717) is 144 Å². The first-order valence-corrected chi connectivity index (χ1v) is 22.9. The number of benzene rings is 11. The Balaban J connectivity index is 1.26. The van der Waals surface area contributed by atoms with Crippen molar-refractivity contribution in [2.24, 2.45) is 0 Å². The molecule has 0 unspecified atom stereocenters. The number of rotatable bonds is 8. The minimum Gasteiger partial charge on any atom is -0.457 e. The fourth-order valence-electron chi connectivity index (χ4n) is 10.7. The number of nitrogens with zero attached hydrogens (tertiary/aromatic N) is 4. The third kappa shape index (κ3) is 5.38. The lowest BCUT2D eigenvalue weighted by Crippen LogP contribution is -2.15. The number of ether oxygens (including phenoxy) is 4. The van der Waals surface area contributed by atoms with Crippen LogP contribution in [0.5, 0.6) is 46.0 Å². The second-order valence-corrected chi connectivity index (χ2v) is 17.5. The molecule has 0 spiro atoms. The van der Waals surface area contributed by atoms with Gasteiger partial charge in [0.25, 0.3) is 11.1 Å². The number of imidazole rings is 2. The van der Waals surface area contributed by atoms with Crippen molar-refractivity contribution in [1.82, 2.24) is 18.8 Å². The fourth-order valence-corrected chi connectivity index (χ4v) is 10.7. The molecule has 0 bridgehead atoms. The predicted octanol–water partition coefficient (Wildman–Crippen LogP) is 14.4. The zero-order valence-electron chi connectivity index (χ0n) is 36.7. The van der Waals surface area contributed by atoms with Crippen molar-refractivity contribution in [1.29, 1.82) is 0 Å². The lowest BCUT2D eigenvalue weighted by Gasteiger charge is -2.25. The summed E-state index contributed by atoms with van der Waals surface area (Å²) in [5.41, 5.74) is 3.14. The standard InChI is InChI=1S/C60H32N4O6/c65-59-39-31-47(69-35-21-9-3-10-22-35)53-54-48(70-36-23-11-4-12-24-36)32-40-50-38(58-62-42-26-14-16-28-44(42)64(58)60(40)66)30-46(68-34-19-7-2-8-20-34)52(56(50)54)51-45(67-33-17-5-1-6-18-33)29-37(49(39)55(51)53)57-61-41-25-13-15-27-43(41)63(57)59/h1-32H. The summed E-state index contributed by atoms with van der Waals surface area (Å²) in [6.45, 7) is 0. The van der Waals surface area contributed by atoms with E-state index in [4.69, 9.17) is 28.9 Å². The molecule has 11 aromatic carbocycles.